The first-order valence-electron chi connectivity index (χ1n) is 9.39. The van der Waals surface area contributed by atoms with Crippen molar-refractivity contribution >= 4 is 35.2 Å². The maximum atomic E-state index is 13.0. The van der Waals surface area contributed by atoms with E-state index in [9.17, 15) is 9.59 Å². The second-order valence-electron chi connectivity index (χ2n) is 6.60. The van der Waals surface area contributed by atoms with Crippen molar-refractivity contribution in [2.24, 2.45) is 0 Å². The van der Waals surface area contributed by atoms with Crippen molar-refractivity contribution in [3.05, 3.63) is 64.7 Å². The molecule has 28 heavy (non-hydrogen) atoms. The van der Waals surface area contributed by atoms with Crippen LogP contribution in [0, 0.1) is 6.92 Å². The zero-order valence-corrected chi connectivity index (χ0v) is 18.1. The fraction of sp³-hybridized carbons (Fsp3) is 0.364. The van der Waals surface area contributed by atoms with Gasteiger partial charge in [-0.2, -0.15) is 0 Å². The molecule has 2 amide bonds. The summed E-state index contributed by atoms with van der Waals surface area (Å²) in [6.07, 6.45) is 0.939. The molecule has 1 atom stereocenters. The van der Waals surface area contributed by atoms with Crippen LogP contribution in [0.2, 0.25) is 5.02 Å². The molecule has 150 valence electrons. The lowest BCUT2D eigenvalue weighted by atomic mass is 10.1. The van der Waals surface area contributed by atoms with E-state index in [1.807, 2.05) is 56.3 Å². The highest BCUT2D eigenvalue weighted by molar-refractivity contribution is 7.99. The van der Waals surface area contributed by atoms with E-state index in [1.165, 1.54) is 0 Å². The number of benzene rings is 2. The van der Waals surface area contributed by atoms with Crippen LogP contribution in [0.5, 0.6) is 0 Å². The molecular formula is C22H27ClN2O2S. The van der Waals surface area contributed by atoms with Gasteiger partial charge >= 0.3 is 0 Å². The largest absolute Gasteiger partial charge is 0.357 e. The minimum absolute atomic E-state index is 0.0154. The summed E-state index contributed by atoms with van der Waals surface area (Å²) in [4.78, 5) is 28.1. The molecular weight excluding hydrogens is 392 g/mol. The third kappa shape index (κ3) is 6.57. The van der Waals surface area contributed by atoms with Gasteiger partial charge in [0.15, 0.2) is 0 Å². The zero-order valence-electron chi connectivity index (χ0n) is 16.6. The molecule has 2 rings (SSSR count). The number of nitrogens with zero attached hydrogens (tertiary/aromatic N) is 1. The highest BCUT2D eigenvalue weighted by atomic mass is 35.5. The molecule has 0 aliphatic rings. The van der Waals surface area contributed by atoms with Gasteiger partial charge < -0.3 is 10.2 Å². The first-order valence-corrected chi connectivity index (χ1v) is 10.8. The maximum Gasteiger partial charge on any atom is 0.242 e. The zero-order chi connectivity index (χ0) is 20.5. The molecule has 4 nitrogen and oxygen atoms in total. The van der Waals surface area contributed by atoms with E-state index in [4.69, 9.17) is 11.6 Å². The Hall–Kier alpha value is -1.98. The van der Waals surface area contributed by atoms with Crippen LogP contribution >= 0.6 is 23.4 Å². The molecule has 0 aromatic heterocycles. The van der Waals surface area contributed by atoms with Gasteiger partial charge in [-0.05, 0) is 43.2 Å². The van der Waals surface area contributed by atoms with Crippen molar-refractivity contribution in [2.45, 2.75) is 44.2 Å². The number of halogens is 1. The van der Waals surface area contributed by atoms with Crippen molar-refractivity contribution in [3.63, 3.8) is 0 Å². The topological polar surface area (TPSA) is 49.4 Å². The molecule has 0 radical (unpaired) electrons. The third-order valence-corrected chi connectivity index (χ3v) is 5.73. The Morgan fingerprint density at radius 3 is 2.50 bits per heavy atom. The number of hydrogen-bond acceptors (Lipinski definition) is 3. The molecule has 1 N–H and O–H groups in total. The van der Waals surface area contributed by atoms with Gasteiger partial charge in [0.05, 0.1) is 0 Å². The molecule has 0 aliphatic carbocycles. The van der Waals surface area contributed by atoms with Crippen molar-refractivity contribution in [3.8, 4) is 0 Å². The van der Waals surface area contributed by atoms with Gasteiger partial charge in [0, 0.05) is 35.7 Å². The van der Waals surface area contributed by atoms with Crippen molar-refractivity contribution in [2.75, 3.05) is 12.8 Å². The van der Waals surface area contributed by atoms with E-state index in [0.29, 0.717) is 30.2 Å². The molecule has 0 saturated heterocycles. The predicted octanol–water partition coefficient (Wildman–Crippen LogP) is 4.68. The van der Waals surface area contributed by atoms with Crippen LogP contribution in [0.3, 0.4) is 0 Å². The molecule has 0 aliphatic heterocycles. The van der Waals surface area contributed by atoms with Crippen LogP contribution in [-0.2, 0) is 16.1 Å². The summed E-state index contributed by atoms with van der Waals surface area (Å²) in [6, 6.07) is 15.1. The van der Waals surface area contributed by atoms with E-state index in [2.05, 4.69) is 11.4 Å². The van der Waals surface area contributed by atoms with Crippen LogP contribution in [0.15, 0.2) is 53.4 Å². The summed E-state index contributed by atoms with van der Waals surface area (Å²) in [6.45, 7) is 4.38. The van der Waals surface area contributed by atoms with Crippen LogP contribution < -0.4 is 5.32 Å². The molecule has 2 aromatic carbocycles. The van der Waals surface area contributed by atoms with Gasteiger partial charge in [-0.15, -0.1) is 11.8 Å². The van der Waals surface area contributed by atoms with Crippen molar-refractivity contribution in [1.82, 2.24) is 10.2 Å². The standard InChI is InChI=1S/C22H27ClN2O2S/c1-4-20(22(27)24-3)25(15-17-7-5-6-16(2)14-17)21(26)12-13-28-19-10-8-18(23)9-11-19/h5-11,14,20H,4,12-13,15H2,1-3H3,(H,24,27). The number of amides is 2. The van der Waals surface area contributed by atoms with Crippen LogP contribution in [0.4, 0.5) is 0 Å². The summed E-state index contributed by atoms with van der Waals surface area (Å²) >= 11 is 7.52. The van der Waals surface area contributed by atoms with Gasteiger partial charge in [-0.25, -0.2) is 0 Å². The number of aryl methyl sites for hydroxylation is 1. The molecule has 1 unspecified atom stereocenters. The number of hydrogen-bond donors (Lipinski definition) is 1. The molecule has 0 fully saturated rings. The van der Waals surface area contributed by atoms with Crippen LogP contribution in [0.1, 0.15) is 30.9 Å². The Morgan fingerprint density at radius 1 is 1.18 bits per heavy atom. The second kappa shape index (κ2) is 11.1. The van der Waals surface area contributed by atoms with Crippen molar-refractivity contribution < 1.29 is 9.59 Å². The average Bonchev–Trinajstić information content (AvgIpc) is 2.69. The lowest BCUT2D eigenvalue weighted by Gasteiger charge is -2.30. The van der Waals surface area contributed by atoms with Gasteiger partial charge in [0.1, 0.15) is 6.04 Å². The molecule has 0 bridgehead atoms. The highest BCUT2D eigenvalue weighted by Crippen LogP contribution is 2.22. The van der Waals surface area contributed by atoms with Gasteiger partial charge in [-0.1, -0.05) is 48.4 Å². The fourth-order valence-corrected chi connectivity index (χ4v) is 3.99. The second-order valence-corrected chi connectivity index (χ2v) is 8.21. The van der Waals surface area contributed by atoms with E-state index < -0.39 is 6.04 Å². The summed E-state index contributed by atoms with van der Waals surface area (Å²) in [5.41, 5.74) is 2.16. The Morgan fingerprint density at radius 2 is 1.89 bits per heavy atom. The Bertz CT molecular complexity index is 795. The number of likely N-dealkylation sites (N-methyl/N-ethyl adjacent to an activating group) is 1. The fourth-order valence-electron chi connectivity index (χ4n) is 3.02. The molecule has 6 heteroatoms. The Labute approximate surface area is 176 Å². The first-order chi connectivity index (χ1) is 13.4. The molecule has 0 spiro atoms. The van der Waals surface area contributed by atoms with E-state index >= 15 is 0 Å². The summed E-state index contributed by atoms with van der Waals surface area (Å²) in [5, 5.41) is 3.38. The quantitative estimate of drug-likeness (QED) is 0.601. The predicted molar refractivity (Wildman–Crippen MR) is 117 cm³/mol. The highest BCUT2D eigenvalue weighted by Gasteiger charge is 2.27. The van der Waals surface area contributed by atoms with Gasteiger partial charge in [-0.3, -0.25) is 9.59 Å². The number of nitrogens with one attached hydrogen (secondary N) is 1. The summed E-state index contributed by atoms with van der Waals surface area (Å²) in [7, 11) is 1.61. The Balaban J connectivity index is 2.08. The number of rotatable bonds is 9. The SMILES string of the molecule is CCC(C(=O)NC)N(Cc1cccc(C)c1)C(=O)CCSc1ccc(Cl)cc1. The lowest BCUT2D eigenvalue weighted by molar-refractivity contribution is -0.140. The van der Waals surface area contributed by atoms with Crippen molar-refractivity contribution in [1.29, 1.82) is 0 Å². The monoisotopic (exact) mass is 418 g/mol. The van der Waals surface area contributed by atoms with E-state index in [1.54, 1.807) is 23.7 Å². The van der Waals surface area contributed by atoms with Gasteiger partial charge in [0.2, 0.25) is 11.8 Å². The minimum Gasteiger partial charge on any atom is -0.357 e. The number of thioether (sulfide) groups is 1. The summed E-state index contributed by atoms with van der Waals surface area (Å²) in [5.74, 6) is 0.502. The van der Waals surface area contributed by atoms with Crippen LogP contribution in [0.25, 0.3) is 0 Å². The van der Waals surface area contributed by atoms with E-state index in [-0.39, 0.29) is 11.8 Å². The smallest absolute Gasteiger partial charge is 0.242 e. The normalized spacial score (nSPS) is 11.7. The molecule has 2 aromatic rings. The van der Waals surface area contributed by atoms with E-state index in [0.717, 1.165) is 16.0 Å². The van der Waals surface area contributed by atoms with Gasteiger partial charge in [0.25, 0.3) is 0 Å². The number of carbonyl (C=O) groups is 2. The van der Waals surface area contributed by atoms with Crippen LogP contribution in [-0.4, -0.2) is 35.6 Å². The number of carbonyl (C=O) groups excluding carboxylic acids is 2. The lowest BCUT2D eigenvalue weighted by Crippen LogP contribution is -2.48. The average molecular weight is 419 g/mol. The molecule has 0 saturated carbocycles. The third-order valence-electron chi connectivity index (χ3n) is 4.47. The Kier molecular flexibility index (Phi) is 8.87. The summed E-state index contributed by atoms with van der Waals surface area (Å²) < 4.78 is 0. The first kappa shape index (κ1) is 22.3. The minimum atomic E-state index is -0.474. The maximum absolute atomic E-state index is 13.0. The molecule has 0 heterocycles.